The predicted molar refractivity (Wildman–Crippen MR) is 330 cm³/mol. The minimum absolute atomic E-state index is 0.0144. The summed E-state index contributed by atoms with van der Waals surface area (Å²) in [5, 5.41) is 14.1. The Balaban J connectivity index is 4.04. The molecule has 0 saturated carbocycles. The van der Waals surface area contributed by atoms with Crippen LogP contribution >= 0.6 is 7.82 Å². The van der Waals surface area contributed by atoms with Crippen molar-refractivity contribution in [1.82, 2.24) is 5.32 Å². The average Bonchev–Trinajstić information content (AvgIpc) is 3.38. The molecule has 9 heteroatoms. The molecule has 0 aliphatic rings. The number of phosphoric ester groups is 1. The third-order valence-corrected chi connectivity index (χ3v) is 16.7. The molecule has 76 heavy (non-hydrogen) atoms. The Kier molecular flexibility index (Phi) is 57.8. The van der Waals surface area contributed by atoms with Crippen molar-refractivity contribution in [2.24, 2.45) is 0 Å². The standard InChI is InChI=1S/C67H133N2O6P/c1-6-8-10-12-14-16-18-20-22-24-26-28-30-32-34-36-38-40-42-44-46-48-50-52-54-56-58-60-66(70)65(64-75-76(72,73)74-63-62-69(3,4)5)68-67(71)61-59-57-55-53-51-49-47-45-43-41-39-37-35-33-31-29-27-25-23-21-19-17-15-13-11-9-7-2/h19,21,25,27,65-66,70H,6-18,20,22-24,26,28-64H2,1-5H3,(H-,68,71,72,73)/b21-19-,27-25-. The van der Waals surface area contributed by atoms with E-state index in [1.807, 2.05) is 21.1 Å². The topological polar surface area (TPSA) is 108 Å². The summed E-state index contributed by atoms with van der Waals surface area (Å²) < 4.78 is 23.5. The summed E-state index contributed by atoms with van der Waals surface area (Å²) in [5.74, 6) is -0.158. The van der Waals surface area contributed by atoms with Gasteiger partial charge in [0, 0.05) is 6.42 Å². The molecular formula is C67H133N2O6P. The molecule has 0 spiro atoms. The summed E-state index contributed by atoms with van der Waals surface area (Å²) >= 11 is 0. The molecule has 3 atom stereocenters. The molecule has 1 amide bonds. The normalized spacial score (nSPS) is 13.8. The Hall–Kier alpha value is -1.02. The molecule has 0 heterocycles. The quantitative estimate of drug-likeness (QED) is 0.0272. The number of quaternary nitrogens is 1. The molecular weight excluding hydrogens is 960 g/mol. The summed E-state index contributed by atoms with van der Waals surface area (Å²) in [6.45, 7) is 4.77. The van der Waals surface area contributed by atoms with Gasteiger partial charge in [-0.1, -0.05) is 321 Å². The van der Waals surface area contributed by atoms with Gasteiger partial charge in [0.1, 0.15) is 13.2 Å². The van der Waals surface area contributed by atoms with Crippen LogP contribution in [0.25, 0.3) is 0 Å². The van der Waals surface area contributed by atoms with Crippen LogP contribution in [0.4, 0.5) is 0 Å². The molecule has 0 aromatic heterocycles. The molecule has 0 rings (SSSR count). The number of hydrogen-bond donors (Lipinski definition) is 2. The molecule has 0 saturated heterocycles. The van der Waals surface area contributed by atoms with E-state index in [1.54, 1.807) is 0 Å². The molecule has 0 fully saturated rings. The van der Waals surface area contributed by atoms with E-state index in [9.17, 15) is 19.4 Å². The lowest BCUT2D eigenvalue weighted by atomic mass is 10.0. The van der Waals surface area contributed by atoms with Crippen LogP contribution in [0.1, 0.15) is 348 Å². The maximum absolute atomic E-state index is 13.0. The highest BCUT2D eigenvalue weighted by molar-refractivity contribution is 7.45. The number of nitrogens with zero attached hydrogens (tertiary/aromatic N) is 1. The van der Waals surface area contributed by atoms with Gasteiger partial charge in [0.15, 0.2) is 0 Å². The van der Waals surface area contributed by atoms with Crippen molar-refractivity contribution in [3.63, 3.8) is 0 Å². The number of unbranched alkanes of at least 4 members (excludes halogenated alkanes) is 46. The number of aliphatic hydroxyl groups is 1. The van der Waals surface area contributed by atoms with Gasteiger partial charge in [-0.2, -0.15) is 0 Å². The van der Waals surface area contributed by atoms with E-state index in [4.69, 9.17) is 9.05 Å². The fourth-order valence-corrected chi connectivity index (χ4v) is 11.2. The molecule has 0 radical (unpaired) electrons. The monoisotopic (exact) mass is 1090 g/mol. The Bertz CT molecular complexity index is 1290. The van der Waals surface area contributed by atoms with E-state index < -0.39 is 20.0 Å². The number of hydrogen-bond acceptors (Lipinski definition) is 6. The van der Waals surface area contributed by atoms with Crippen LogP contribution in [-0.2, 0) is 18.4 Å². The number of nitrogens with one attached hydrogen (secondary N) is 1. The first-order chi connectivity index (χ1) is 37.0. The van der Waals surface area contributed by atoms with Gasteiger partial charge in [-0.15, -0.1) is 0 Å². The number of aliphatic hydroxyl groups excluding tert-OH is 1. The zero-order valence-electron chi connectivity index (χ0n) is 51.7. The first kappa shape index (κ1) is 75.0. The van der Waals surface area contributed by atoms with Crippen molar-refractivity contribution >= 4 is 13.7 Å². The highest BCUT2D eigenvalue weighted by atomic mass is 31.2. The van der Waals surface area contributed by atoms with Gasteiger partial charge in [-0.05, 0) is 44.9 Å². The second kappa shape index (κ2) is 58.6. The molecule has 0 aliphatic heterocycles. The van der Waals surface area contributed by atoms with Crippen LogP contribution < -0.4 is 10.2 Å². The van der Waals surface area contributed by atoms with Gasteiger partial charge >= 0.3 is 0 Å². The summed E-state index contributed by atoms with van der Waals surface area (Å²) in [7, 11) is 1.32. The van der Waals surface area contributed by atoms with Crippen LogP contribution in [0.5, 0.6) is 0 Å². The Morgan fingerprint density at radius 1 is 0.461 bits per heavy atom. The lowest BCUT2D eigenvalue weighted by Crippen LogP contribution is -2.46. The van der Waals surface area contributed by atoms with E-state index in [2.05, 4.69) is 43.5 Å². The Morgan fingerprint density at radius 2 is 0.763 bits per heavy atom. The van der Waals surface area contributed by atoms with Crippen LogP contribution in [0.15, 0.2) is 24.3 Å². The first-order valence-electron chi connectivity index (χ1n) is 33.7. The van der Waals surface area contributed by atoms with Gasteiger partial charge in [0.25, 0.3) is 7.82 Å². The van der Waals surface area contributed by atoms with E-state index in [1.165, 1.54) is 276 Å². The van der Waals surface area contributed by atoms with E-state index in [0.717, 1.165) is 44.9 Å². The molecule has 0 aromatic carbocycles. The van der Waals surface area contributed by atoms with Crippen LogP contribution in [0.3, 0.4) is 0 Å². The summed E-state index contributed by atoms with van der Waals surface area (Å²) in [6, 6.07) is -0.800. The number of carbonyl (C=O) groups excluding carboxylic acids is 1. The third kappa shape index (κ3) is 60.6. The summed E-state index contributed by atoms with van der Waals surface area (Å²) in [5.41, 5.74) is 0. The smallest absolute Gasteiger partial charge is 0.268 e. The molecule has 0 aliphatic carbocycles. The highest BCUT2D eigenvalue weighted by Gasteiger charge is 2.24. The third-order valence-electron chi connectivity index (χ3n) is 15.7. The Morgan fingerprint density at radius 3 is 1.09 bits per heavy atom. The van der Waals surface area contributed by atoms with Crippen molar-refractivity contribution in [2.45, 2.75) is 360 Å². The van der Waals surface area contributed by atoms with E-state index in [0.29, 0.717) is 23.9 Å². The molecule has 0 aromatic rings. The fraction of sp³-hybridized carbons (Fsp3) is 0.925. The average molecular weight is 1090 g/mol. The highest BCUT2D eigenvalue weighted by Crippen LogP contribution is 2.38. The fourth-order valence-electron chi connectivity index (χ4n) is 10.4. The van der Waals surface area contributed by atoms with Crippen LogP contribution in [0, 0.1) is 0 Å². The van der Waals surface area contributed by atoms with Gasteiger partial charge in [0.2, 0.25) is 5.91 Å². The summed E-state index contributed by atoms with van der Waals surface area (Å²) in [6.07, 6.45) is 75.2. The Labute approximate surface area is 474 Å². The second-order valence-electron chi connectivity index (χ2n) is 24.5. The number of amides is 1. The lowest BCUT2D eigenvalue weighted by Gasteiger charge is -2.30. The zero-order valence-corrected chi connectivity index (χ0v) is 52.6. The van der Waals surface area contributed by atoms with Gasteiger partial charge in [-0.3, -0.25) is 9.36 Å². The molecule has 2 N–H and O–H groups in total. The molecule has 0 bridgehead atoms. The van der Waals surface area contributed by atoms with Crippen molar-refractivity contribution in [3.8, 4) is 0 Å². The van der Waals surface area contributed by atoms with Crippen molar-refractivity contribution < 1.29 is 32.9 Å². The number of carbonyl (C=O) groups is 1. The van der Waals surface area contributed by atoms with E-state index in [-0.39, 0.29) is 19.1 Å². The van der Waals surface area contributed by atoms with Crippen molar-refractivity contribution in [3.05, 3.63) is 24.3 Å². The van der Waals surface area contributed by atoms with Gasteiger partial charge < -0.3 is 28.8 Å². The molecule has 3 unspecified atom stereocenters. The van der Waals surface area contributed by atoms with Gasteiger partial charge in [0.05, 0.1) is 39.9 Å². The van der Waals surface area contributed by atoms with E-state index >= 15 is 0 Å². The largest absolute Gasteiger partial charge is 0.756 e. The lowest BCUT2D eigenvalue weighted by molar-refractivity contribution is -0.870. The number of allylic oxidation sites excluding steroid dienone is 4. The predicted octanol–water partition coefficient (Wildman–Crippen LogP) is 20.5. The molecule has 8 nitrogen and oxygen atoms in total. The minimum atomic E-state index is -4.58. The first-order valence-corrected chi connectivity index (χ1v) is 35.1. The van der Waals surface area contributed by atoms with Crippen LogP contribution in [-0.4, -0.2) is 68.5 Å². The zero-order chi connectivity index (χ0) is 55.6. The maximum atomic E-state index is 13.0. The second-order valence-corrected chi connectivity index (χ2v) is 25.9. The van der Waals surface area contributed by atoms with Gasteiger partial charge in [-0.25, -0.2) is 0 Å². The number of rotatable bonds is 63. The summed E-state index contributed by atoms with van der Waals surface area (Å²) in [4.78, 5) is 25.6. The molecule has 452 valence electrons. The maximum Gasteiger partial charge on any atom is 0.268 e. The van der Waals surface area contributed by atoms with Crippen LogP contribution in [0.2, 0.25) is 0 Å². The minimum Gasteiger partial charge on any atom is -0.756 e. The number of phosphoric acid groups is 1. The van der Waals surface area contributed by atoms with Crippen molar-refractivity contribution in [1.29, 1.82) is 0 Å². The SMILES string of the molecule is CCCCCCC/C=C\C/C=C\CCCCCCCCCCCCCCCCCC(=O)NC(COP(=O)([O-])OCC[N+](C)(C)C)C(O)CCCCCCCCCCCCCCCCCCCCCCCCCCCCC. The van der Waals surface area contributed by atoms with Crippen molar-refractivity contribution in [2.75, 3.05) is 40.9 Å². The number of likely N-dealkylation sites (N-methyl/N-ethyl adjacent to an activating group) is 1.